The maximum atomic E-state index is 8.51. The van der Waals surface area contributed by atoms with Gasteiger partial charge in [0.05, 0.1) is 4.88 Å². The van der Waals surface area contributed by atoms with Crippen molar-refractivity contribution in [3.63, 3.8) is 0 Å². The van der Waals surface area contributed by atoms with Gasteiger partial charge in [-0.05, 0) is 6.92 Å². The summed E-state index contributed by atoms with van der Waals surface area (Å²) in [6, 6.07) is 0. The molecule has 0 aliphatic rings. The lowest BCUT2D eigenvalue weighted by atomic mass is 10.6. The smallest absolute Gasteiger partial charge is 0.225 e. The summed E-state index contributed by atoms with van der Waals surface area (Å²) in [5, 5.41) is 8.51. The second-order valence-electron chi connectivity index (χ2n) is 1.92. The van der Waals surface area contributed by atoms with Crippen molar-refractivity contribution in [3.05, 3.63) is 16.6 Å². The first-order chi connectivity index (χ1) is 4.33. The summed E-state index contributed by atoms with van der Waals surface area (Å²) >= 11 is 1.70. The molecule has 0 aliphatic carbocycles. The lowest BCUT2D eigenvalue weighted by Gasteiger charge is -1.82. The second kappa shape index (κ2) is 4.82. The summed E-state index contributed by atoms with van der Waals surface area (Å²) < 4.78 is 1.99. The van der Waals surface area contributed by atoms with Crippen LogP contribution in [0.1, 0.15) is 4.88 Å². The van der Waals surface area contributed by atoms with Crippen LogP contribution in [0.25, 0.3) is 0 Å². The molecule has 0 radical (unpaired) electrons. The zero-order chi connectivity index (χ0) is 6.69. The van der Waals surface area contributed by atoms with Crippen LogP contribution < -0.4 is 21.5 Å². The average Bonchev–Trinajstić information content (AvgIpc) is 2.17. The van der Waals surface area contributed by atoms with Crippen LogP contribution >= 0.6 is 11.3 Å². The van der Waals surface area contributed by atoms with Gasteiger partial charge in [0, 0.05) is 0 Å². The zero-order valence-corrected chi connectivity index (χ0v) is 8.15. The van der Waals surface area contributed by atoms with Gasteiger partial charge in [0.2, 0.25) is 5.51 Å². The number of hydrogen-bond acceptors (Lipinski definition) is 2. The summed E-state index contributed by atoms with van der Waals surface area (Å²) in [4.78, 5) is 1.28. The number of aryl methyl sites for hydroxylation is 1. The van der Waals surface area contributed by atoms with Crippen molar-refractivity contribution in [2.45, 2.75) is 13.5 Å². The van der Waals surface area contributed by atoms with Gasteiger partial charge in [0.15, 0.2) is 12.7 Å². The Balaban J connectivity index is 0.000000810. The Bertz CT molecular complexity index is 190. The Hall–Kier alpha value is 0.0700. The Morgan fingerprint density at radius 2 is 2.40 bits per heavy atom. The molecule has 10 heavy (non-hydrogen) atoms. The van der Waals surface area contributed by atoms with E-state index in [9.17, 15) is 0 Å². The highest BCUT2D eigenvalue weighted by Gasteiger charge is 1.99. The zero-order valence-electron chi connectivity index (χ0n) is 5.75. The molecule has 0 aromatic carbocycles. The summed E-state index contributed by atoms with van der Waals surface area (Å²) in [7, 11) is 0. The predicted molar refractivity (Wildman–Crippen MR) is 36.3 cm³/mol. The van der Waals surface area contributed by atoms with Gasteiger partial charge in [0.25, 0.3) is 0 Å². The number of halogens is 1. The molecule has 0 atom stereocenters. The molecule has 0 saturated carbocycles. The van der Waals surface area contributed by atoms with Crippen LogP contribution in [0.15, 0.2) is 11.7 Å². The normalized spacial score (nSPS) is 9.00. The largest absolute Gasteiger partial charge is 1.00 e. The van der Waals surface area contributed by atoms with Gasteiger partial charge in [-0.2, -0.15) is 4.57 Å². The molecule has 1 aromatic rings. The fourth-order valence-corrected chi connectivity index (χ4v) is 1.34. The van der Waals surface area contributed by atoms with E-state index in [0.29, 0.717) is 6.54 Å². The first-order valence-electron chi connectivity index (χ1n) is 2.88. The Morgan fingerprint density at radius 1 is 1.70 bits per heavy atom. The lowest BCUT2D eigenvalue weighted by molar-refractivity contribution is -0.693. The van der Waals surface area contributed by atoms with E-state index in [2.05, 4.69) is 6.92 Å². The molecule has 0 bridgehead atoms. The van der Waals surface area contributed by atoms with Crippen LogP contribution in [-0.2, 0) is 6.54 Å². The van der Waals surface area contributed by atoms with E-state index in [1.165, 1.54) is 4.88 Å². The minimum atomic E-state index is 0. The molecule has 1 aromatic heterocycles. The van der Waals surface area contributed by atoms with Crippen molar-refractivity contribution in [3.8, 4) is 0 Å². The van der Waals surface area contributed by atoms with Gasteiger partial charge >= 0.3 is 0 Å². The van der Waals surface area contributed by atoms with E-state index in [4.69, 9.17) is 5.11 Å². The van der Waals surface area contributed by atoms with Crippen molar-refractivity contribution >= 4 is 11.3 Å². The predicted octanol–water partition coefficient (Wildman–Crippen LogP) is -2.66. The third kappa shape index (κ3) is 2.77. The number of thiazole rings is 1. The first kappa shape index (κ1) is 10.1. The third-order valence-corrected chi connectivity index (χ3v) is 1.93. The van der Waals surface area contributed by atoms with Gasteiger partial charge in [-0.1, -0.05) is 11.3 Å². The lowest BCUT2D eigenvalue weighted by Crippen LogP contribution is -3.00. The Kier molecular flexibility index (Phi) is 4.85. The number of rotatable bonds is 2. The average molecular weight is 224 g/mol. The van der Waals surface area contributed by atoms with Crippen LogP contribution in [0.4, 0.5) is 0 Å². The molecule has 4 heteroatoms. The van der Waals surface area contributed by atoms with Gasteiger partial charge in [-0.25, -0.2) is 0 Å². The molecule has 0 fully saturated rings. The highest BCUT2D eigenvalue weighted by Crippen LogP contribution is 1.99. The number of aliphatic hydroxyl groups excluding tert-OH is 1. The fraction of sp³-hybridized carbons (Fsp3) is 0.500. The van der Waals surface area contributed by atoms with Gasteiger partial charge < -0.3 is 22.1 Å². The molecule has 0 aliphatic heterocycles. The van der Waals surface area contributed by atoms with Crippen LogP contribution in [0.5, 0.6) is 0 Å². The van der Waals surface area contributed by atoms with Crippen LogP contribution in [0.3, 0.4) is 0 Å². The van der Waals surface area contributed by atoms with E-state index in [-0.39, 0.29) is 23.6 Å². The molecule has 1 rings (SSSR count). The summed E-state index contributed by atoms with van der Waals surface area (Å²) in [6.07, 6.45) is 2.03. The molecule has 2 nitrogen and oxygen atoms in total. The van der Waals surface area contributed by atoms with Crippen LogP contribution in [0.2, 0.25) is 0 Å². The molecule has 1 N–H and O–H groups in total. The van der Waals surface area contributed by atoms with Gasteiger partial charge in [-0.15, -0.1) is 0 Å². The molecule has 0 saturated heterocycles. The quantitative estimate of drug-likeness (QED) is 0.545. The van der Waals surface area contributed by atoms with Gasteiger partial charge in [0.1, 0.15) is 6.61 Å². The molecular weight excluding hydrogens is 214 g/mol. The van der Waals surface area contributed by atoms with Gasteiger partial charge in [-0.3, -0.25) is 0 Å². The standard InChI is InChI=1S/C6H10NOS.BrH/c1-6-4-7(2-3-8)5-9-6;/h4-5,8H,2-3H2,1H3;1H/q+1;/p-1. The van der Waals surface area contributed by atoms with Crippen LogP contribution in [-0.4, -0.2) is 11.7 Å². The highest BCUT2D eigenvalue weighted by atomic mass is 79.9. The summed E-state index contributed by atoms with van der Waals surface area (Å²) in [6.45, 7) is 2.99. The molecule has 58 valence electrons. The molecule has 0 spiro atoms. The number of aromatic nitrogens is 1. The van der Waals surface area contributed by atoms with E-state index < -0.39 is 0 Å². The number of nitrogens with zero attached hydrogens (tertiary/aromatic N) is 1. The third-order valence-electron chi connectivity index (χ3n) is 1.08. The molecule has 1 heterocycles. The molecule has 0 unspecified atom stereocenters. The van der Waals surface area contributed by atoms with Crippen LogP contribution in [0, 0.1) is 6.92 Å². The van der Waals surface area contributed by atoms with E-state index in [0.717, 1.165) is 0 Å². The minimum absolute atomic E-state index is 0. The van der Waals surface area contributed by atoms with E-state index in [1.807, 2.05) is 16.3 Å². The summed E-state index contributed by atoms with van der Waals surface area (Å²) in [5.41, 5.74) is 2.01. The SMILES string of the molecule is Cc1c[n+](CCO)cs1.[Br-]. The maximum Gasteiger partial charge on any atom is 0.225 e. The summed E-state index contributed by atoms with van der Waals surface area (Å²) in [5.74, 6) is 0. The Labute approximate surface area is 74.9 Å². The van der Waals surface area contributed by atoms with Crippen molar-refractivity contribution < 1.29 is 26.7 Å². The van der Waals surface area contributed by atoms with E-state index >= 15 is 0 Å². The highest BCUT2D eigenvalue weighted by molar-refractivity contribution is 7.09. The van der Waals surface area contributed by atoms with Crippen molar-refractivity contribution in [2.24, 2.45) is 0 Å². The Morgan fingerprint density at radius 3 is 2.80 bits per heavy atom. The second-order valence-corrected chi connectivity index (χ2v) is 3.01. The van der Waals surface area contributed by atoms with Crippen molar-refractivity contribution in [1.29, 1.82) is 0 Å². The monoisotopic (exact) mass is 223 g/mol. The minimum Gasteiger partial charge on any atom is -1.00 e. The van der Waals surface area contributed by atoms with E-state index in [1.54, 1.807) is 11.3 Å². The fourth-order valence-electron chi connectivity index (χ4n) is 0.678. The maximum absolute atomic E-state index is 8.51. The topological polar surface area (TPSA) is 24.1 Å². The first-order valence-corrected chi connectivity index (χ1v) is 3.76. The number of aliphatic hydroxyl groups is 1. The molecule has 0 amide bonds. The number of hydrogen-bond donors (Lipinski definition) is 1. The van der Waals surface area contributed by atoms with Crippen molar-refractivity contribution in [1.82, 2.24) is 0 Å². The van der Waals surface area contributed by atoms with Crippen molar-refractivity contribution in [2.75, 3.05) is 6.61 Å². The molecular formula is C6H10BrNOS.